The fourth-order valence-electron chi connectivity index (χ4n) is 2.39. The Morgan fingerprint density at radius 1 is 1.37 bits per heavy atom. The SMILES string of the molecule is CCC1CN(C(=O)c2ccc(CN)cc2)CC1O.Cl. The summed E-state index contributed by atoms with van der Waals surface area (Å²) < 4.78 is 0. The molecule has 1 fully saturated rings. The van der Waals surface area contributed by atoms with Crippen LogP contribution in [0.2, 0.25) is 0 Å². The van der Waals surface area contributed by atoms with Gasteiger partial charge in [-0.05, 0) is 24.1 Å². The van der Waals surface area contributed by atoms with Crippen molar-refractivity contribution in [2.24, 2.45) is 11.7 Å². The predicted molar refractivity (Wildman–Crippen MR) is 77.3 cm³/mol. The maximum atomic E-state index is 12.2. The van der Waals surface area contributed by atoms with Crippen LogP contribution in [0.1, 0.15) is 29.3 Å². The number of nitrogens with zero attached hydrogens (tertiary/aromatic N) is 1. The second-order valence-electron chi connectivity index (χ2n) is 4.85. The molecule has 0 aliphatic carbocycles. The molecule has 0 bridgehead atoms. The molecule has 106 valence electrons. The van der Waals surface area contributed by atoms with Crippen molar-refractivity contribution in [3.63, 3.8) is 0 Å². The van der Waals surface area contributed by atoms with Gasteiger partial charge in [0.05, 0.1) is 6.10 Å². The second kappa shape index (κ2) is 6.89. The first-order chi connectivity index (χ1) is 8.65. The van der Waals surface area contributed by atoms with Gasteiger partial charge in [0.25, 0.3) is 5.91 Å². The average molecular weight is 285 g/mol. The van der Waals surface area contributed by atoms with Gasteiger partial charge in [-0.3, -0.25) is 4.79 Å². The largest absolute Gasteiger partial charge is 0.391 e. The maximum Gasteiger partial charge on any atom is 0.253 e. The molecule has 0 saturated carbocycles. The van der Waals surface area contributed by atoms with E-state index in [4.69, 9.17) is 5.73 Å². The molecule has 2 atom stereocenters. The highest BCUT2D eigenvalue weighted by Gasteiger charge is 2.32. The smallest absolute Gasteiger partial charge is 0.253 e. The lowest BCUT2D eigenvalue weighted by Crippen LogP contribution is -2.29. The molecule has 4 nitrogen and oxygen atoms in total. The number of aliphatic hydroxyl groups is 1. The number of likely N-dealkylation sites (tertiary alicyclic amines) is 1. The van der Waals surface area contributed by atoms with Gasteiger partial charge in [-0.15, -0.1) is 12.4 Å². The van der Waals surface area contributed by atoms with Gasteiger partial charge in [0.2, 0.25) is 0 Å². The number of carbonyl (C=O) groups excluding carboxylic acids is 1. The van der Waals surface area contributed by atoms with E-state index < -0.39 is 0 Å². The molecule has 0 spiro atoms. The van der Waals surface area contributed by atoms with Crippen LogP contribution in [0, 0.1) is 5.92 Å². The van der Waals surface area contributed by atoms with Gasteiger partial charge in [-0.25, -0.2) is 0 Å². The van der Waals surface area contributed by atoms with Crippen molar-refractivity contribution < 1.29 is 9.90 Å². The first-order valence-electron chi connectivity index (χ1n) is 6.42. The molecule has 1 aromatic carbocycles. The van der Waals surface area contributed by atoms with Crippen LogP contribution >= 0.6 is 12.4 Å². The highest BCUT2D eigenvalue weighted by molar-refractivity contribution is 5.94. The van der Waals surface area contributed by atoms with Gasteiger partial charge < -0.3 is 15.7 Å². The molecular formula is C14H21ClN2O2. The van der Waals surface area contributed by atoms with Crippen molar-refractivity contribution >= 4 is 18.3 Å². The molecule has 2 unspecified atom stereocenters. The van der Waals surface area contributed by atoms with Crippen LogP contribution in [0.25, 0.3) is 0 Å². The number of hydrogen-bond acceptors (Lipinski definition) is 3. The Morgan fingerprint density at radius 3 is 2.47 bits per heavy atom. The Bertz CT molecular complexity index is 422. The summed E-state index contributed by atoms with van der Waals surface area (Å²) >= 11 is 0. The monoisotopic (exact) mass is 284 g/mol. The van der Waals surface area contributed by atoms with Crippen LogP contribution in [0.5, 0.6) is 0 Å². The summed E-state index contributed by atoms with van der Waals surface area (Å²) in [4.78, 5) is 14.0. The van der Waals surface area contributed by atoms with E-state index in [1.807, 2.05) is 19.1 Å². The summed E-state index contributed by atoms with van der Waals surface area (Å²) in [6.45, 7) is 3.61. The number of benzene rings is 1. The quantitative estimate of drug-likeness (QED) is 0.882. The Labute approximate surface area is 120 Å². The molecule has 1 aliphatic rings. The van der Waals surface area contributed by atoms with Crippen LogP contribution in [0.15, 0.2) is 24.3 Å². The molecule has 1 aromatic rings. The van der Waals surface area contributed by atoms with E-state index in [0.29, 0.717) is 25.2 Å². The van der Waals surface area contributed by atoms with E-state index in [9.17, 15) is 9.90 Å². The van der Waals surface area contributed by atoms with Gasteiger partial charge in [0, 0.05) is 31.1 Å². The minimum Gasteiger partial charge on any atom is -0.391 e. The van der Waals surface area contributed by atoms with Crippen molar-refractivity contribution in [1.82, 2.24) is 4.90 Å². The maximum absolute atomic E-state index is 12.2. The van der Waals surface area contributed by atoms with Crippen LogP contribution in [0.3, 0.4) is 0 Å². The number of β-amino-alcohol motifs (C(OH)–C–C–N with tert-alkyl or cyclic N) is 1. The Kier molecular flexibility index (Phi) is 5.79. The molecular weight excluding hydrogens is 264 g/mol. The predicted octanol–water partition coefficient (Wildman–Crippen LogP) is 1.41. The highest BCUT2D eigenvalue weighted by atomic mass is 35.5. The average Bonchev–Trinajstić information content (AvgIpc) is 2.79. The normalized spacial score (nSPS) is 22.2. The van der Waals surface area contributed by atoms with Crippen LogP contribution < -0.4 is 5.73 Å². The molecule has 1 aliphatic heterocycles. The highest BCUT2D eigenvalue weighted by Crippen LogP contribution is 2.21. The van der Waals surface area contributed by atoms with E-state index in [1.54, 1.807) is 17.0 Å². The van der Waals surface area contributed by atoms with Crippen molar-refractivity contribution in [2.45, 2.75) is 26.0 Å². The molecule has 3 N–H and O–H groups in total. The van der Waals surface area contributed by atoms with Crippen molar-refractivity contribution in [3.05, 3.63) is 35.4 Å². The molecule has 19 heavy (non-hydrogen) atoms. The molecule has 1 saturated heterocycles. The van der Waals surface area contributed by atoms with Gasteiger partial charge in [-0.2, -0.15) is 0 Å². The van der Waals surface area contributed by atoms with Gasteiger partial charge >= 0.3 is 0 Å². The van der Waals surface area contributed by atoms with Crippen LogP contribution in [-0.2, 0) is 6.54 Å². The molecule has 5 heteroatoms. The molecule has 0 radical (unpaired) electrons. The summed E-state index contributed by atoms with van der Waals surface area (Å²) in [6.07, 6.45) is 0.513. The summed E-state index contributed by atoms with van der Waals surface area (Å²) in [6, 6.07) is 7.35. The first-order valence-corrected chi connectivity index (χ1v) is 6.42. The van der Waals surface area contributed by atoms with E-state index >= 15 is 0 Å². The van der Waals surface area contributed by atoms with Crippen molar-refractivity contribution in [2.75, 3.05) is 13.1 Å². The van der Waals surface area contributed by atoms with E-state index in [2.05, 4.69) is 0 Å². The minimum absolute atomic E-state index is 0. The third-order valence-electron chi connectivity index (χ3n) is 3.65. The first kappa shape index (κ1) is 16.0. The van der Waals surface area contributed by atoms with Crippen LogP contribution in [-0.4, -0.2) is 35.1 Å². The zero-order valence-corrected chi connectivity index (χ0v) is 11.9. The summed E-state index contributed by atoms with van der Waals surface area (Å²) in [5.41, 5.74) is 7.20. The number of aliphatic hydroxyl groups excluding tert-OH is 1. The topological polar surface area (TPSA) is 66.6 Å². The molecule has 2 rings (SSSR count). The van der Waals surface area contributed by atoms with Gasteiger partial charge in [0.1, 0.15) is 0 Å². The second-order valence-corrected chi connectivity index (χ2v) is 4.85. The number of nitrogens with two attached hydrogens (primary N) is 1. The summed E-state index contributed by atoms with van der Waals surface area (Å²) in [5.74, 6) is 0.200. The molecule has 1 amide bonds. The number of halogens is 1. The lowest BCUT2D eigenvalue weighted by atomic mass is 10.0. The lowest BCUT2D eigenvalue weighted by molar-refractivity contribution is 0.0764. The zero-order chi connectivity index (χ0) is 13.1. The Balaban J connectivity index is 0.00000180. The zero-order valence-electron chi connectivity index (χ0n) is 11.1. The fourth-order valence-corrected chi connectivity index (χ4v) is 2.39. The van der Waals surface area contributed by atoms with E-state index in [-0.39, 0.29) is 30.3 Å². The number of amides is 1. The lowest BCUT2D eigenvalue weighted by Gasteiger charge is -2.16. The third kappa shape index (κ3) is 3.47. The number of hydrogen-bond donors (Lipinski definition) is 2. The van der Waals surface area contributed by atoms with Crippen molar-refractivity contribution in [1.29, 1.82) is 0 Å². The third-order valence-corrected chi connectivity index (χ3v) is 3.65. The number of rotatable bonds is 3. The summed E-state index contributed by atoms with van der Waals surface area (Å²) in [5, 5.41) is 9.83. The van der Waals surface area contributed by atoms with Gasteiger partial charge in [0.15, 0.2) is 0 Å². The fraction of sp³-hybridized carbons (Fsp3) is 0.500. The van der Waals surface area contributed by atoms with Crippen LogP contribution in [0.4, 0.5) is 0 Å². The Morgan fingerprint density at radius 2 is 2.00 bits per heavy atom. The van der Waals surface area contributed by atoms with Gasteiger partial charge in [-0.1, -0.05) is 19.1 Å². The van der Waals surface area contributed by atoms with E-state index in [1.165, 1.54) is 0 Å². The molecule has 1 heterocycles. The summed E-state index contributed by atoms with van der Waals surface area (Å²) in [7, 11) is 0. The Hall–Kier alpha value is -1.10. The molecule has 0 aromatic heterocycles. The number of carbonyl (C=O) groups is 1. The van der Waals surface area contributed by atoms with E-state index in [0.717, 1.165) is 12.0 Å². The van der Waals surface area contributed by atoms with Crippen molar-refractivity contribution in [3.8, 4) is 0 Å². The minimum atomic E-state index is -0.387. The standard InChI is InChI=1S/C14H20N2O2.ClH/c1-2-11-8-16(9-13(11)17)14(18)12-5-3-10(7-15)4-6-12;/h3-6,11,13,17H,2,7-9,15H2,1H3;1H.